The Hall–Kier alpha value is -0.730. The number of aryl methyl sites for hydroxylation is 1. The minimum absolute atomic E-state index is 0.605. The molecule has 17 heavy (non-hydrogen) atoms. The quantitative estimate of drug-likeness (QED) is 0.825. The first-order valence-electron chi connectivity index (χ1n) is 6.40. The average molecular weight is 251 g/mol. The molecule has 2 heterocycles. The number of nitrogens with one attached hydrogen (secondary N) is 1. The number of anilines is 1. The summed E-state index contributed by atoms with van der Waals surface area (Å²) in [4.78, 5) is 2.44. The average Bonchev–Trinajstić information content (AvgIpc) is 2.27. The second kappa shape index (κ2) is 4.18. The molecule has 0 bridgehead atoms. The van der Waals surface area contributed by atoms with Gasteiger partial charge < -0.3 is 10.2 Å². The van der Waals surface area contributed by atoms with E-state index in [1.807, 2.05) is 0 Å². The third-order valence-corrected chi connectivity index (χ3v) is 4.57. The van der Waals surface area contributed by atoms with Gasteiger partial charge in [-0.3, -0.25) is 0 Å². The second-order valence-corrected chi connectivity index (χ2v) is 5.95. The molecule has 1 spiro atoms. The summed E-state index contributed by atoms with van der Waals surface area (Å²) in [5.74, 6) is 0. The molecule has 2 aliphatic rings. The molecule has 0 radical (unpaired) electrons. The largest absolute Gasteiger partial charge is 0.370 e. The monoisotopic (exact) mass is 250 g/mol. The molecule has 0 saturated carbocycles. The molecule has 0 amide bonds. The molecule has 1 N–H and O–H groups in total. The molecule has 0 unspecified atom stereocenters. The van der Waals surface area contributed by atoms with Crippen molar-refractivity contribution in [2.24, 2.45) is 5.41 Å². The molecule has 2 fully saturated rings. The number of piperidine rings is 1. The molecule has 92 valence electrons. The van der Waals surface area contributed by atoms with Crippen LogP contribution in [0.4, 0.5) is 5.69 Å². The zero-order valence-electron chi connectivity index (χ0n) is 10.3. The van der Waals surface area contributed by atoms with Crippen molar-refractivity contribution in [2.75, 3.05) is 31.1 Å². The standard InChI is InChI=1S/C14H19ClN2/c1-11-2-3-13(12(15)8-11)17-6-4-14(5-7-17)9-16-10-14/h2-3,8,16H,4-7,9-10H2,1H3. The first-order chi connectivity index (χ1) is 8.19. The van der Waals surface area contributed by atoms with Crippen LogP contribution in [0.5, 0.6) is 0 Å². The summed E-state index contributed by atoms with van der Waals surface area (Å²) in [5, 5.41) is 4.30. The van der Waals surface area contributed by atoms with Crippen molar-refractivity contribution >= 4 is 17.3 Å². The Kier molecular flexibility index (Phi) is 2.80. The van der Waals surface area contributed by atoms with E-state index in [1.165, 1.54) is 37.2 Å². The summed E-state index contributed by atoms with van der Waals surface area (Å²) in [5.41, 5.74) is 3.04. The van der Waals surface area contributed by atoms with Crippen molar-refractivity contribution in [2.45, 2.75) is 19.8 Å². The van der Waals surface area contributed by atoms with E-state index < -0.39 is 0 Å². The molecule has 0 atom stereocenters. The lowest BCUT2D eigenvalue weighted by atomic mass is 9.73. The SMILES string of the molecule is Cc1ccc(N2CCC3(CC2)CNC3)c(Cl)c1. The van der Waals surface area contributed by atoms with Crippen LogP contribution in [0.2, 0.25) is 5.02 Å². The summed E-state index contributed by atoms with van der Waals surface area (Å²) < 4.78 is 0. The van der Waals surface area contributed by atoms with Crippen molar-refractivity contribution in [1.29, 1.82) is 0 Å². The lowest BCUT2D eigenvalue weighted by Crippen LogP contribution is -2.58. The fraction of sp³-hybridized carbons (Fsp3) is 0.571. The van der Waals surface area contributed by atoms with Crippen LogP contribution in [0.1, 0.15) is 18.4 Å². The Balaban J connectivity index is 1.73. The lowest BCUT2D eigenvalue weighted by molar-refractivity contribution is 0.126. The van der Waals surface area contributed by atoms with Gasteiger partial charge in [-0.15, -0.1) is 0 Å². The van der Waals surface area contributed by atoms with Crippen molar-refractivity contribution in [3.63, 3.8) is 0 Å². The number of nitrogens with zero attached hydrogens (tertiary/aromatic N) is 1. The summed E-state index contributed by atoms with van der Waals surface area (Å²) in [7, 11) is 0. The fourth-order valence-corrected chi connectivity index (χ4v) is 3.28. The van der Waals surface area contributed by atoms with Crippen LogP contribution in [-0.2, 0) is 0 Å². The normalized spacial score (nSPS) is 22.6. The summed E-state index contributed by atoms with van der Waals surface area (Å²) in [6, 6.07) is 6.37. The first-order valence-corrected chi connectivity index (χ1v) is 6.78. The Morgan fingerprint density at radius 1 is 1.24 bits per heavy atom. The zero-order chi connectivity index (χ0) is 11.9. The molecule has 2 saturated heterocycles. The number of rotatable bonds is 1. The van der Waals surface area contributed by atoms with Crippen LogP contribution in [0.3, 0.4) is 0 Å². The maximum Gasteiger partial charge on any atom is 0.0642 e. The van der Waals surface area contributed by atoms with E-state index in [9.17, 15) is 0 Å². The van der Waals surface area contributed by atoms with Gasteiger partial charge in [0.15, 0.2) is 0 Å². The van der Waals surface area contributed by atoms with Gasteiger partial charge in [-0.25, -0.2) is 0 Å². The molecule has 3 heteroatoms. The van der Waals surface area contributed by atoms with E-state index in [4.69, 9.17) is 11.6 Å². The van der Waals surface area contributed by atoms with E-state index in [0.29, 0.717) is 5.41 Å². The highest BCUT2D eigenvalue weighted by Crippen LogP contribution is 2.38. The second-order valence-electron chi connectivity index (χ2n) is 5.55. The van der Waals surface area contributed by atoms with Gasteiger partial charge in [0, 0.05) is 26.2 Å². The predicted octanol–water partition coefficient (Wildman–Crippen LogP) is 2.84. The number of benzene rings is 1. The topological polar surface area (TPSA) is 15.3 Å². The van der Waals surface area contributed by atoms with Crippen LogP contribution >= 0.6 is 11.6 Å². The van der Waals surface area contributed by atoms with Crippen LogP contribution in [0.15, 0.2) is 18.2 Å². The van der Waals surface area contributed by atoms with E-state index in [-0.39, 0.29) is 0 Å². The van der Waals surface area contributed by atoms with Crippen LogP contribution in [0, 0.1) is 12.3 Å². The summed E-state index contributed by atoms with van der Waals surface area (Å²) in [6.45, 7) is 6.79. The van der Waals surface area contributed by atoms with Gasteiger partial charge in [-0.1, -0.05) is 17.7 Å². The van der Waals surface area contributed by atoms with Crippen LogP contribution in [0.25, 0.3) is 0 Å². The van der Waals surface area contributed by atoms with Crippen molar-refractivity contribution in [3.8, 4) is 0 Å². The van der Waals surface area contributed by atoms with Crippen molar-refractivity contribution in [1.82, 2.24) is 5.32 Å². The molecular weight excluding hydrogens is 232 g/mol. The van der Waals surface area contributed by atoms with Gasteiger partial charge in [-0.05, 0) is 42.9 Å². The molecule has 0 aromatic heterocycles. The minimum atomic E-state index is 0.605. The Bertz CT molecular complexity index is 416. The zero-order valence-corrected chi connectivity index (χ0v) is 11.1. The highest BCUT2D eigenvalue weighted by atomic mass is 35.5. The van der Waals surface area contributed by atoms with Gasteiger partial charge in [0.2, 0.25) is 0 Å². The number of halogens is 1. The highest BCUT2D eigenvalue weighted by Gasteiger charge is 2.39. The molecular formula is C14H19ClN2. The van der Waals surface area contributed by atoms with Gasteiger partial charge >= 0.3 is 0 Å². The maximum atomic E-state index is 6.33. The van der Waals surface area contributed by atoms with E-state index in [0.717, 1.165) is 18.1 Å². The Labute approximate surface area is 108 Å². The van der Waals surface area contributed by atoms with Gasteiger partial charge in [0.05, 0.1) is 10.7 Å². The van der Waals surface area contributed by atoms with Crippen molar-refractivity contribution < 1.29 is 0 Å². The van der Waals surface area contributed by atoms with Crippen LogP contribution < -0.4 is 10.2 Å². The maximum absolute atomic E-state index is 6.33. The smallest absolute Gasteiger partial charge is 0.0642 e. The Morgan fingerprint density at radius 3 is 2.47 bits per heavy atom. The third kappa shape index (κ3) is 2.04. The number of hydrogen-bond donors (Lipinski definition) is 1. The molecule has 2 nitrogen and oxygen atoms in total. The van der Waals surface area contributed by atoms with Gasteiger partial charge in [0.25, 0.3) is 0 Å². The van der Waals surface area contributed by atoms with Gasteiger partial charge in [-0.2, -0.15) is 0 Å². The van der Waals surface area contributed by atoms with E-state index in [1.54, 1.807) is 0 Å². The van der Waals surface area contributed by atoms with E-state index in [2.05, 4.69) is 35.3 Å². The van der Waals surface area contributed by atoms with Crippen molar-refractivity contribution in [3.05, 3.63) is 28.8 Å². The molecule has 1 aromatic carbocycles. The molecule has 2 aliphatic heterocycles. The number of hydrogen-bond acceptors (Lipinski definition) is 2. The third-order valence-electron chi connectivity index (χ3n) is 4.27. The molecule has 0 aliphatic carbocycles. The predicted molar refractivity (Wildman–Crippen MR) is 72.9 cm³/mol. The van der Waals surface area contributed by atoms with E-state index >= 15 is 0 Å². The fourth-order valence-electron chi connectivity index (χ4n) is 2.92. The summed E-state index contributed by atoms with van der Waals surface area (Å²) >= 11 is 6.33. The first kappa shape index (κ1) is 11.4. The van der Waals surface area contributed by atoms with Crippen LogP contribution in [-0.4, -0.2) is 26.2 Å². The molecule has 1 aromatic rings. The lowest BCUT2D eigenvalue weighted by Gasteiger charge is -2.49. The molecule has 3 rings (SSSR count). The van der Waals surface area contributed by atoms with Gasteiger partial charge in [0.1, 0.15) is 0 Å². The summed E-state index contributed by atoms with van der Waals surface area (Å²) in [6.07, 6.45) is 2.59. The Morgan fingerprint density at radius 2 is 1.94 bits per heavy atom. The minimum Gasteiger partial charge on any atom is -0.370 e. The highest BCUT2D eigenvalue weighted by molar-refractivity contribution is 6.33.